The normalized spacial score (nSPS) is 11.8. The van der Waals surface area contributed by atoms with Gasteiger partial charge in [0.2, 0.25) is 0 Å². The summed E-state index contributed by atoms with van der Waals surface area (Å²) in [6.07, 6.45) is -1.21. The second kappa shape index (κ2) is 5.24. The van der Waals surface area contributed by atoms with Crippen LogP contribution in [0, 0.1) is 23.5 Å². The molecule has 15 heavy (non-hydrogen) atoms. The maximum atomic E-state index is 13.3. The second-order valence-electron chi connectivity index (χ2n) is 2.93. The molecule has 0 bridgehead atoms. The van der Waals surface area contributed by atoms with Gasteiger partial charge in [-0.25, -0.2) is 8.78 Å². The average Bonchev–Trinajstić information content (AvgIpc) is 2.12. The van der Waals surface area contributed by atoms with Crippen molar-refractivity contribution >= 4 is 15.9 Å². The monoisotopic (exact) mass is 274 g/mol. The first-order chi connectivity index (χ1) is 7.06. The first kappa shape index (κ1) is 12.2. The molecule has 1 atom stereocenters. The Bertz CT molecular complexity index is 397. The summed E-state index contributed by atoms with van der Waals surface area (Å²) in [7, 11) is 0. The van der Waals surface area contributed by atoms with Gasteiger partial charge in [-0.3, -0.25) is 0 Å². The van der Waals surface area contributed by atoms with Crippen molar-refractivity contribution < 1.29 is 13.9 Å². The number of benzene rings is 1. The van der Waals surface area contributed by atoms with Gasteiger partial charge in [0.15, 0.2) is 0 Å². The molecule has 80 valence electrons. The van der Waals surface area contributed by atoms with Crippen molar-refractivity contribution in [2.24, 2.45) is 0 Å². The van der Waals surface area contributed by atoms with Crippen LogP contribution in [-0.2, 0) is 0 Å². The molecular weight excluding hydrogens is 266 g/mol. The number of aliphatic hydroxyl groups excluding tert-OH is 1. The fourth-order valence-electron chi connectivity index (χ4n) is 1.17. The quantitative estimate of drug-likeness (QED) is 0.822. The number of halogens is 3. The van der Waals surface area contributed by atoms with Gasteiger partial charge in [0.1, 0.15) is 11.6 Å². The number of hydrogen-bond donors (Lipinski definition) is 1. The zero-order chi connectivity index (χ0) is 11.4. The van der Waals surface area contributed by atoms with Crippen LogP contribution in [0.1, 0.15) is 25.0 Å². The molecule has 0 saturated heterocycles. The second-order valence-corrected chi connectivity index (χ2v) is 3.85. The Morgan fingerprint density at radius 3 is 2.40 bits per heavy atom. The van der Waals surface area contributed by atoms with Crippen LogP contribution in [0.2, 0.25) is 0 Å². The molecule has 0 fully saturated rings. The molecule has 0 aliphatic heterocycles. The highest BCUT2D eigenvalue weighted by atomic mass is 79.9. The van der Waals surface area contributed by atoms with Gasteiger partial charge in [-0.05, 0) is 19.1 Å². The Morgan fingerprint density at radius 1 is 1.40 bits per heavy atom. The molecule has 1 unspecified atom stereocenters. The van der Waals surface area contributed by atoms with Crippen LogP contribution in [0.15, 0.2) is 16.6 Å². The van der Waals surface area contributed by atoms with E-state index in [9.17, 15) is 13.9 Å². The molecule has 1 aromatic rings. The molecule has 1 nitrogen and oxygen atoms in total. The minimum Gasteiger partial charge on any atom is -0.387 e. The molecule has 0 spiro atoms. The Hall–Kier alpha value is -0.920. The van der Waals surface area contributed by atoms with Gasteiger partial charge >= 0.3 is 0 Å². The maximum absolute atomic E-state index is 13.3. The predicted octanol–water partition coefficient (Wildman–Crippen LogP) is 3.17. The van der Waals surface area contributed by atoms with E-state index in [0.29, 0.717) is 4.47 Å². The number of rotatable bonds is 2. The van der Waals surface area contributed by atoms with E-state index in [-0.39, 0.29) is 12.0 Å². The van der Waals surface area contributed by atoms with Crippen molar-refractivity contribution in [3.8, 4) is 11.8 Å². The van der Waals surface area contributed by atoms with Crippen molar-refractivity contribution in [3.63, 3.8) is 0 Å². The highest BCUT2D eigenvalue weighted by molar-refractivity contribution is 9.10. The molecule has 0 heterocycles. The Morgan fingerprint density at radius 2 is 1.93 bits per heavy atom. The lowest BCUT2D eigenvalue weighted by Crippen LogP contribution is -2.03. The molecule has 1 aromatic carbocycles. The minimum atomic E-state index is -1.23. The van der Waals surface area contributed by atoms with Crippen LogP contribution in [0.4, 0.5) is 8.78 Å². The van der Waals surface area contributed by atoms with E-state index in [2.05, 4.69) is 27.8 Å². The van der Waals surface area contributed by atoms with Gasteiger partial charge in [0, 0.05) is 10.9 Å². The van der Waals surface area contributed by atoms with Crippen LogP contribution >= 0.6 is 15.9 Å². The Labute approximate surface area is 95.2 Å². The van der Waals surface area contributed by atoms with Crippen LogP contribution < -0.4 is 0 Å². The standard InChI is InChI=1S/C11H9BrF2O/c1-2-3-4-10(15)11-8(13)5-7(12)6-9(11)14/h5-6,10,15H,4H2,1H3. The molecule has 4 heteroatoms. The lowest BCUT2D eigenvalue weighted by Gasteiger charge is -2.10. The Kier molecular flexibility index (Phi) is 4.25. The van der Waals surface area contributed by atoms with E-state index in [0.717, 1.165) is 12.1 Å². The fraction of sp³-hybridized carbons (Fsp3) is 0.273. The fourth-order valence-corrected chi connectivity index (χ4v) is 1.57. The van der Waals surface area contributed by atoms with Gasteiger partial charge in [0.05, 0.1) is 11.7 Å². The van der Waals surface area contributed by atoms with E-state index < -0.39 is 17.7 Å². The first-order valence-corrected chi connectivity index (χ1v) is 5.07. The number of hydrogen-bond acceptors (Lipinski definition) is 1. The van der Waals surface area contributed by atoms with E-state index >= 15 is 0 Å². The maximum Gasteiger partial charge on any atom is 0.133 e. The van der Waals surface area contributed by atoms with E-state index in [1.54, 1.807) is 6.92 Å². The molecule has 0 radical (unpaired) electrons. The molecule has 1 rings (SSSR count). The third-order valence-corrected chi connectivity index (χ3v) is 2.31. The van der Waals surface area contributed by atoms with Gasteiger partial charge in [-0.1, -0.05) is 15.9 Å². The van der Waals surface area contributed by atoms with Crippen molar-refractivity contribution in [1.29, 1.82) is 0 Å². The molecular formula is C11H9BrF2O. The zero-order valence-corrected chi connectivity index (χ0v) is 9.61. The van der Waals surface area contributed by atoms with Gasteiger partial charge < -0.3 is 5.11 Å². The van der Waals surface area contributed by atoms with Crippen LogP contribution in [-0.4, -0.2) is 5.11 Å². The average molecular weight is 275 g/mol. The summed E-state index contributed by atoms with van der Waals surface area (Å²) in [4.78, 5) is 0. The van der Waals surface area contributed by atoms with E-state index in [4.69, 9.17) is 0 Å². The summed E-state index contributed by atoms with van der Waals surface area (Å²) >= 11 is 2.96. The van der Waals surface area contributed by atoms with Crippen molar-refractivity contribution in [3.05, 3.63) is 33.8 Å². The smallest absolute Gasteiger partial charge is 0.133 e. The van der Waals surface area contributed by atoms with Crippen molar-refractivity contribution in [2.45, 2.75) is 19.4 Å². The van der Waals surface area contributed by atoms with Crippen molar-refractivity contribution in [1.82, 2.24) is 0 Å². The molecule has 1 N–H and O–H groups in total. The lowest BCUT2D eigenvalue weighted by atomic mass is 10.1. The first-order valence-electron chi connectivity index (χ1n) is 4.28. The summed E-state index contributed by atoms with van der Waals surface area (Å²) in [5, 5.41) is 9.51. The third kappa shape index (κ3) is 3.01. The minimum absolute atomic E-state index is 0.0198. The van der Waals surface area contributed by atoms with Gasteiger partial charge in [-0.2, -0.15) is 0 Å². The topological polar surface area (TPSA) is 20.2 Å². The summed E-state index contributed by atoms with van der Waals surface area (Å²) < 4.78 is 26.9. The molecule has 0 aliphatic carbocycles. The predicted molar refractivity (Wildman–Crippen MR) is 57.1 cm³/mol. The molecule has 0 amide bonds. The largest absolute Gasteiger partial charge is 0.387 e. The van der Waals surface area contributed by atoms with Crippen molar-refractivity contribution in [2.75, 3.05) is 0 Å². The lowest BCUT2D eigenvalue weighted by molar-refractivity contribution is 0.173. The van der Waals surface area contributed by atoms with Crippen LogP contribution in [0.25, 0.3) is 0 Å². The highest BCUT2D eigenvalue weighted by Crippen LogP contribution is 2.26. The summed E-state index contributed by atoms with van der Waals surface area (Å²) in [6, 6.07) is 2.22. The Balaban J connectivity index is 3.06. The van der Waals surface area contributed by atoms with Crippen LogP contribution in [0.5, 0.6) is 0 Å². The molecule has 0 saturated carbocycles. The third-order valence-electron chi connectivity index (χ3n) is 1.85. The summed E-state index contributed by atoms with van der Waals surface area (Å²) in [6.45, 7) is 1.60. The number of aliphatic hydroxyl groups is 1. The zero-order valence-electron chi connectivity index (χ0n) is 8.02. The van der Waals surface area contributed by atoms with Gasteiger partial charge in [-0.15, -0.1) is 11.8 Å². The summed E-state index contributed by atoms with van der Waals surface area (Å²) in [5.41, 5.74) is -0.332. The van der Waals surface area contributed by atoms with E-state index in [1.807, 2.05) is 0 Å². The molecule has 0 aromatic heterocycles. The SMILES string of the molecule is CC#CCC(O)c1c(F)cc(Br)cc1F. The van der Waals surface area contributed by atoms with E-state index in [1.165, 1.54) is 0 Å². The van der Waals surface area contributed by atoms with Gasteiger partial charge in [0.25, 0.3) is 0 Å². The highest BCUT2D eigenvalue weighted by Gasteiger charge is 2.17. The van der Waals surface area contributed by atoms with Crippen LogP contribution in [0.3, 0.4) is 0 Å². The molecule has 0 aliphatic rings. The summed E-state index contributed by atoms with van der Waals surface area (Å²) in [5.74, 6) is 3.58.